The third-order valence-electron chi connectivity index (χ3n) is 0.867. The van der Waals surface area contributed by atoms with Crippen molar-refractivity contribution in [2.75, 3.05) is 0 Å². The molecule has 0 saturated carbocycles. The highest BCUT2D eigenvalue weighted by Crippen LogP contribution is 2.03. The normalized spacial score (nSPS) is 8.83. The van der Waals surface area contributed by atoms with Crippen molar-refractivity contribution in [3.05, 3.63) is 10.4 Å². The molecular formula is C4H6N8. The Morgan fingerprint density at radius 2 is 2.33 bits per heavy atom. The van der Waals surface area contributed by atoms with E-state index in [1.54, 1.807) is 13.8 Å². The van der Waals surface area contributed by atoms with Gasteiger partial charge in [0.2, 0.25) is 0 Å². The summed E-state index contributed by atoms with van der Waals surface area (Å²) < 4.78 is 0. The van der Waals surface area contributed by atoms with Gasteiger partial charge >= 0.3 is 0 Å². The van der Waals surface area contributed by atoms with E-state index in [9.17, 15) is 0 Å². The Balaban J connectivity index is 3.07. The lowest BCUT2D eigenvalue weighted by molar-refractivity contribution is 0.691. The van der Waals surface area contributed by atoms with Crippen LogP contribution in [0.1, 0.15) is 13.8 Å². The second-order valence-corrected chi connectivity index (χ2v) is 2.10. The van der Waals surface area contributed by atoms with Crippen LogP contribution in [0.15, 0.2) is 10.2 Å². The molecule has 0 saturated heterocycles. The first-order valence-corrected chi connectivity index (χ1v) is 3.09. The molecule has 12 heavy (non-hydrogen) atoms. The first-order valence-electron chi connectivity index (χ1n) is 3.09. The summed E-state index contributed by atoms with van der Waals surface area (Å²) in [7, 11) is 0. The third kappa shape index (κ3) is 1.77. The number of hydrogen-bond donors (Lipinski definition) is 0. The van der Waals surface area contributed by atoms with Crippen molar-refractivity contribution in [2.45, 2.75) is 13.8 Å². The molecule has 1 heterocycles. The minimum absolute atomic E-state index is 0.0266. The summed E-state index contributed by atoms with van der Waals surface area (Å²) in [5.41, 5.74) is 8.86. The van der Waals surface area contributed by atoms with Gasteiger partial charge < -0.3 is 0 Å². The summed E-state index contributed by atoms with van der Waals surface area (Å²) in [4.78, 5) is 3.60. The maximum atomic E-state index is 8.10. The van der Waals surface area contributed by atoms with Gasteiger partial charge in [0.25, 0.3) is 5.95 Å². The van der Waals surface area contributed by atoms with Crippen LogP contribution in [0.25, 0.3) is 10.4 Å². The number of tetrazole rings is 1. The van der Waals surface area contributed by atoms with Crippen LogP contribution in [-0.4, -0.2) is 26.0 Å². The van der Waals surface area contributed by atoms with Gasteiger partial charge in [0.05, 0.1) is 0 Å². The van der Waals surface area contributed by atoms with Crippen molar-refractivity contribution in [1.29, 1.82) is 0 Å². The second-order valence-electron chi connectivity index (χ2n) is 2.10. The fourth-order valence-corrected chi connectivity index (χ4v) is 0.532. The third-order valence-corrected chi connectivity index (χ3v) is 0.867. The number of rotatable bonds is 2. The van der Waals surface area contributed by atoms with Crippen molar-refractivity contribution < 1.29 is 0 Å². The zero-order valence-corrected chi connectivity index (χ0v) is 6.58. The number of hydrogen-bond acceptors (Lipinski definition) is 5. The van der Waals surface area contributed by atoms with Gasteiger partial charge in [0, 0.05) is 10.6 Å². The van der Waals surface area contributed by atoms with Gasteiger partial charge in [0.1, 0.15) is 0 Å². The molecule has 0 N–H and O–H groups in total. The van der Waals surface area contributed by atoms with Crippen LogP contribution in [0.5, 0.6) is 0 Å². The molecule has 0 atom stereocenters. The zero-order chi connectivity index (χ0) is 8.97. The van der Waals surface area contributed by atoms with Crippen LogP contribution in [0.3, 0.4) is 0 Å². The molecule has 0 spiro atoms. The molecule has 0 aromatic carbocycles. The number of nitrogens with zero attached hydrogens (tertiary/aromatic N) is 8. The van der Waals surface area contributed by atoms with Gasteiger partial charge in [-0.15, -0.1) is 9.89 Å². The Hall–Kier alpha value is -1.95. The summed E-state index contributed by atoms with van der Waals surface area (Å²) >= 11 is 0. The van der Waals surface area contributed by atoms with E-state index < -0.39 is 0 Å². The first-order chi connectivity index (χ1) is 5.74. The lowest BCUT2D eigenvalue weighted by Crippen LogP contribution is -1.94. The average molecular weight is 166 g/mol. The van der Waals surface area contributed by atoms with Gasteiger partial charge in [0.15, 0.2) is 0 Å². The van der Waals surface area contributed by atoms with Crippen LogP contribution in [0.2, 0.25) is 0 Å². The van der Waals surface area contributed by atoms with Gasteiger partial charge in [-0.25, -0.2) is 0 Å². The zero-order valence-electron chi connectivity index (χ0n) is 6.58. The van der Waals surface area contributed by atoms with Crippen LogP contribution in [-0.2, 0) is 0 Å². The molecule has 0 bridgehead atoms. The van der Waals surface area contributed by atoms with E-state index in [-0.39, 0.29) is 5.95 Å². The van der Waals surface area contributed by atoms with Crippen LogP contribution < -0.4 is 0 Å². The van der Waals surface area contributed by atoms with E-state index in [0.29, 0.717) is 0 Å². The minimum atomic E-state index is 0.0266. The van der Waals surface area contributed by atoms with Crippen LogP contribution in [0.4, 0.5) is 5.95 Å². The quantitative estimate of drug-likeness (QED) is 0.281. The summed E-state index contributed by atoms with van der Waals surface area (Å²) in [6.07, 6.45) is 0. The van der Waals surface area contributed by atoms with Crippen molar-refractivity contribution in [3.8, 4) is 0 Å². The van der Waals surface area contributed by atoms with Crippen molar-refractivity contribution in [3.63, 3.8) is 0 Å². The molecule has 0 unspecified atom stereocenters. The molecule has 0 aliphatic carbocycles. The largest absolute Gasteiger partial charge is 0.263 e. The molecule has 8 nitrogen and oxygen atoms in total. The Bertz CT molecular complexity index is 338. The fourth-order valence-electron chi connectivity index (χ4n) is 0.532. The van der Waals surface area contributed by atoms with E-state index >= 15 is 0 Å². The predicted molar refractivity (Wildman–Crippen MR) is 40.8 cm³/mol. The standard InChI is InChI=1S/C4H6N8/c1-3(2)8-12-4(6-9-5)7-10-11-12/h1-2H3. The summed E-state index contributed by atoms with van der Waals surface area (Å²) in [6, 6.07) is 0. The van der Waals surface area contributed by atoms with Crippen molar-refractivity contribution in [1.82, 2.24) is 20.3 Å². The molecule has 0 fully saturated rings. The molecule has 1 aromatic heterocycles. The highest BCUT2D eigenvalue weighted by Gasteiger charge is 1.99. The molecule has 1 aromatic rings. The molecule has 62 valence electrons. The van der Waals surface area contributed by atoms with E-state index in [0.717, 1.165) is 10.5 Å². The second kappa shape index (κ2) is 3.44. The fraction of sp³-hybridized carbons (Fsp3) is 0.500. The van der Waals surface area contributed by atoms with Gasteiger partial charge in [-0.3, -0.25) is 0 Å². The lowest BCUT2D eigenvalue weighted by atomic mass is 10.5. The number of azide groups is 1. The molecule has 0 amide bonds. The van der Waals surface area contributed by atoms with Gasteiger partial charge in [-0.2, -0.15) is 5.10 Å². The maximum absolute atomic E-state index is 8.10. The minimum Gasteiger partial charge on any atom is -0.157 e. The molecule has 0 aliphatic heterocycles. The van der Waals surface area contributed by atoms with E-state index in [1.807, 2.05) is 0 Å². The molecule has 8 heteroatoms. The van der Waals surface area contributed by atoms with E-state index in [1.165, 1.54) is 0 Å². The topological polar surface area (TPSA) is 105 Å². The Kier molecular flexibility index (Phi) is 2.34. The smallest absolute Gasteiger partial charge is 0.157 e. The Morgan fingerprint density at radius 1 is 1.58 bits per heavy atom. The molecule has 0 aliphatic rings. The predicted octanol–water partition coefficient (Wildman–Crippen LogP) is 0.859. The monoisotopic (exact) mass is 166 g/mol. The first kappa shape index (κ1) is 8.15. The highest BCUT2D eigenvalue weighted by atomic mass is 15.7. The number of aromatic nitrogens is 4. The van der Waals surface area contributed by atoms with Crippen molar-refractivity contribution in [2.24, 2.45) is 10.2 Å². The SMILES string of the molecule is CC(C)=Nn1nnnc1N=[N+]=[N-]. The molecular weight excluding hydrogens is 160 g/mol. The Morgan fingerprint density at radius 3 is 2.92 bits per heavy atom. The van der Waals surface area contributed by atoms with Crippen LogP contribution >= 0.6 is 0 Å². The molecule has 1 rings (SSSR count). The summed E-state index contributed by atoms with van der Waals surface area (Å²) in [5, 5.41) is 17.3. The molecule has 0 radical (unpaired) electrons. The van der Waals surface area contributed by atoms with Gasteiger partial charge in [-0.1, -0.05) is 0 Å². The van der Waals surface area contributed by atoms with E-state index in [4.69, 9.17) is 5.53 Å². The van der Waals surface area contributed by atoms with Gasteiger partial charge in [-0.05, 0) is 34.9 Å². The lowest BCUT2D eigenvalue weighted by Gasteiger charge is -1.90. The summed E-state index contributed by atoms with van der Waals surface area (Å²) in [6.45, 7) is 3.56. The summed E-state index contributed by atoms with van der Waals surface area (Å²) in [5.74, 6) is 0.0266. The van der Waals surface area contributed by atoms with E-state index in [2.05, 4.69) is 30.7 Å². The maximum Gasteiger partial charge on any atom is 0.263 e. The van der Waals surface area contributed by atoms with Crippen molar-refractivity contribution >= 4 is 11.7 Å². The Labute approximate surface area is 67.5 Å². The average Bonchev–Trinajstić information content (AvgIpc) is 2.37. The van der Waals surface area contributed by atoms with Crippen LogP contribution in [0, 0.1) is 0 Å². The highest BCUT2D eigenvalue weighted by molar-refractivity contribution is 5.78.